The Morgan fingerprint density at radius 2 is 1.68 bits per heavy atom. The van der Waals surface area contributed by atoms with Crippen LogP contribution in [0.1, 0.15) is 92.2 Å². The molecule has 1 amide bonds. The van der Waals surface area contributed by atoms with E-state index in [2.05, 4.69) is 23.3 Å². The smallest absolute Gasteiger partial charge is 0.253 e. The van der Waals surface area contributed by atoms with Crippen LogP contribution in [-0.2, 0) is 6.54 Å². The Hall–Kier alpha value is -2.51. The van der Waals surface area contributed by atoms with E-state index in [1.807, 2.05) is 35.2 Å². The second-order valence-electron chi connectivity index (χ2n) is 10.3. The van der Waals surface area contributed by atoms with Crippen molar-refractivity contribution in [2.24, 2.45) is 0 Å². The molecule has 0 saturated carbocycles. The van der Waals surface area contributed by atoms with Gasteiger partial charge in [0, 0.05) is 25.2 Å². The van der Waals surface area contributed by atoms with Gasteiger partial charge in [-0.15, -0.1) is 11.3 Å². The molecule has 3 aromatic rings. The molecule has 37 heavy (non-hydrogen) atoms. The number of Topliss-reactive ketones (excluding diaryl/α,β-unsaturated/α-hetero) is 1. The number of likely N-dealkylation sites (tertiary alicyclic amines) is 1. The number of aryl methyl sites for hydroxylation is 1. The molecular weight excluding hydrogens is 480 g/mol. The third-order valence-corrected chi connectivity index (χ3v) is 8.51. The van der Waals surface area contributed by atoms with Gasteiger partial charge in [-0.25, -0.2) is 4.98 Å². The minimum absolute atomic E-state index is 0.0798. The van der Waals surface area contributed by atoms with Gasteiger partial charge in [0.2, 0.25) is 0 Å². The number of benzene rings is 1. The number of aromatic nitrogens is 2. The first-order chi connectivity index (χ1) is 18.0. The number of nitrogens with zero attached hydrogens (tertiary/aromatic N) is 4. The van der Waals surface area contributed by atoms with Crippen molar-refractivity contribution < 1.29 is 9.59 Å². The number of thiophene rings is 1. The standard InChI is InChI=1S/C30H42N4O2S/c1-4-6-19-33(20-7-5-2)30(36)24-12-13-25-26(22-24)34(21-11-18-32-16-9-8-10-17-32)29(31-25)28-15-14-27(37-28)23(3)35/h12-15,22H,4-11,16-21H2,1-3H3. The van der Waals surface area contributed by atoms with E-state index < -0.39 is 0 Å². The normalized spacial score (nSPS) is 14.4. The van der Waals surface area contributed by atoms with Crippen molar-refractivity contribution in [1.29, 1.82) is 0 Å². The topological polar surface area (TPSA) is 58.4 Å². The van der Waals surface area contributed by atoms with Gasteiger partial charge in [-0.3, -0.25) is 9.59 Å². The minimum atomic E-state index is 0.0798. The van der Waals surface area contributed by atoms with Crippen molar-refractivity contribution in [2.45, 2.75) is 78.7 Å². The molecule has 3 heterocycles. The number of hydrogen-bond donors (Lipinski definition) is 0. The monoisotopic (exact) mass is 522 g/mol. The van der Waals surface area contributed by atoms with Gasteiger partial charge in [0.15, 0.2) is 11.6 Å². The molecule has 2 aromatic heterocycles. The Labute approximate surface area is 225 Å². The zero-order valence-corrected chi connectivity index (χ0v) is 23.6. The van der Waals surface area contributed by atoms with Crippen molar-refractivity contribution >= 4 is 34.1 Å². The lowest BCUT2D eigenvalue weighted by Crippen LogP contribution is -2.33. The van der Waals surface area contributed by atoms with E-state index in [1.54, 1.807) is 6.92 Å². The highest BCUT2D eigenvalue weighted by molar-refractivity contribution is 7.17. The Morgan fingerprint density at radius 1 is 0.946 bits per heavy atom. The lowest BCUT2D eigenvalue weighted by Gasteiger charge is -2.26. The maximum atomic E-state index is 13.5. The number of carbonyl (C=O) groups is 2. The molecule has 0 atom stereocenters. The van der Waals surface area contributed by atoms with Crippen LogP contribution in [0.5, 0.6) is 0 Å². The first-order valence-corrected chi connectivity index (χ1v) is 15.0. The zero-order chi connectivity index (χ0) is 26.2. The van der Waals surface area contributed by atoms with Crippen LogP contribution < -0.4 is 0 Å². The van der Waals surface area contributed by atoms with Crippen LogP contribution in [0.3, 0.4) is 0 Å². The fraction of sp³-hybridized carbons (Fsp3) is 0.567. The van der Waals surface area contributed by atoms with E-state index in [1.165, 1.54) is 43.7 Å². The van der Waals surface area contributed by atoms with Crippen LogP contribution in [0.25, 0.3) is 21.7 Å². The highest BCUT2D eigenvalue weighted by atomic mass is 32.1. The number of piperidine rings is 1. The molecule has 0 bridgehead atoms. The highest BCUT2D eigenvalue weighted by Crippen LogP contribution is 2.32. The highest BCUT2D eigenvalue weighted by Gasteiger charge is 2.20. The van der Waals surface area contributed by atoms with E-state index in [0.717, 1.165) is 90.5 Å². The quantitative estimate of drug-likeness (QED) is 0.230. The van der Waals surface area contributed by atoms with Gasteiger partial charge in [-0.2, -0.15) is 0 Å². The average molecular weight is 523 g/mol. The number of fused-ring (bicyclic) bond motifs is 1. The molecule has 0 unspecified atom stereocenters. The summed E-state index contributed by atoms with van der Waals surface area (Å²) in [4.78, 5) is 36.8. The molecule has 0 spiro atoms. The second-order valence-corrected chi connectivity index (χ2v) is 11.3. The van der Waals surface area contributed by atoms with Gasteiger partial charge >= 0.3 is 0 Å². The van der Waals surface area contributed by atoms with E-state index in [0.29, 0.717) is 0 Å². The zero-order valence-electron chi connectivity index (χ0n) is 22.8. The van der Waals surface area contributed by atoms with Gasteiger partial charge in [-0.1, -0.05) is 33.1 Å². The van der Waals surface area contributed by atoms with Crippen molar-refractivity contribution in [3.8, 4) is 10.7 Å². The Bertz CT molecular complexity index is 1180. The van der Waals surface area contributed by atoms with E-state index in [4.69, 9.17) is 4.98 Å². The van der Waals surface area contributed by atoms with Gasteiger partial charge < -0.3 is 14.4 Å². The number of ketones is 1. The summed E-state index contributed by atoms with van der Waals surface area (Å²) < 4.78 is 2.27. The first kappa shape index (κ1) is 27.5. The second kappa shape index (κ2) is 13.3. The van der Waals surface area contributed by atoms with E-state index in [9.17, 15) is 9.59 Å². The van der Waals surface area contributed by atoms with Gasteiger partial charge in [-0.05, 0) is 89.0 Å². The van der Waals surface area contributed by atoms with Crippen LogP contribution >= 0.6 is 11.3 Å². The molecular formula is C30H42N4O2S. The summed E-state index contributed by atoms with van der Waals surface area (Å²) in [6.45, 7) is 11.8. The number of hydrogen-bond acceptors (Lipinski definition) is 5. The average Bonchev–Trinajstić information content (AvgIpc) is 3.54. The van der Waals surface area contributed by atoms with Crippen LogP contribution in [0.4, 0.5) is 0 Å². The molecule has 1 saturated heterocycles. The fourth-order valence-corrected chi connectivity index (χ4v) is 6.05. The molecule has 1 aliphatic heterocycles. The molecule has 7 heteroatoms. The molecule has 0 N–H and O–H groups in total. The maximum absolute atomic E-state index is 13.5. The third kappa shape index (κ3) is 6.88. The number of unbranched alkanes of at least 4 members (excludes halogenated alkanes) is 2. The Kier molecular flexibility index (Phi) is 9.92. The summed E-state index contributed by atoms with van der Waals surface area (Å²) in [6, 6.07) is 9.87. The third-order valence-electron chi connectivity index (χ3n) is 7.32. The van der Waals surface area contributed by atoms with Crippen molar-refractivity contribution in [1.82, 2.24) is 19.4 Å². The van der Waals surface area contributed by atoms with Crippen LogP contribution in [0.2, 0.25) is 0 Å². The number of imidazole rings is 1. The van der Waals surface area contributed by atoms with Crippen LogP contribution in [0, 0.1) is 0 Å². The lowest BCUT2D eigenvalue weighted by atomic mass is 10.1. The molecule has 1 aromatic carbocycles. The summed E-state index contributed by atoms with van der Waals surface area (Å²) in [7, 11) is 0. The van der Waals surface area contributed by atoms with Crippen LogP contribution in [0.15, 0.2) is 30.3 Å². The minimum Gasteiger partial charge on any atom is -0.339 e. The maximum Gasteiger partial charge on any atom is 0.253 e. The summed E-state index contributed by atoms with van der Waals surface area (Å²) in [6.07, 6.45) is 9.14. The molecule has 1 fully saturated rings. The van der Waals surface area contributed by atoms with Gasteiger partial charge in [0.25, 0.3) is 5.91 Å². The molecule has 200 valence electrons. The predicted molar refractivity (Wildman–Crippen MR) is 154 cm³/mol. The van der Waals surface area contributed by atoms with E-state index in [-0.39, 0.29) is 11.7 Å². The largest absolute Gasteiger partial charge is 0.339 e. The van der Waals surface area contributed by atoms with Crippen LogP contribution in [-0.4, -0.2) is 63.8 Å². The SMILES string of the molecule is CCCCN(CCCC)C(=O)c1ccc2nc(-c3ccc(C(C)=O)s3)n(CCCN3CCCCC3)c2c1. The van der Waals surface area contributed by atoms with Crippen molar-refractivity contribution in [3.05, 3.63) is 40.8 Å². The number of rotatable bonds is 13. The van der Waals surface area contributed by atoms with Gasteiger partial charge in [0.1, 0.15) is 0 Å². The summed E-state index contributed by atoms with van der Waals surface area (Å²) in [5.74, 6) is 1.09. The van der Waals surface area contributed by atoms with Crippen molar-refractivity contribution in [2.75, 3.05) is 32.7 Å². The Balaban J connectivity index is 1.65. The summed E-state index contributed by atoms with van der Waals surface area (Å²) in [5, 5.41) is 0. The Morgan fingerprint density at radius 3 is 2.32 bits per heavy atom. The predicted octanol–water partition coefficient (Wildman–Crippen LogP) is 6.89. The van der Waals surface area contributed by atoms with E-state index >= 15 is 0 Å². The molecule has 6 nitrogen and oxygen atoms in total. The first-order valence-electron chi connectivity index (χ1n) is 14.1. The summed E-state index contributed by atoms with van der Waals surface area (Å²) in [5.41, 5.74) is 2.64. The van der Waals surface area contributed by atoms with Gasteiger partial charge in [0.05, 0.1) is 20.8 Å². The molecule has 1 aliphatic rings. The number of carbonyl (C=O) groups excluding carboxylic acids is 2. The molecule has 4 rings (SSSR count). The molecule has 0 radical (unpaired) electrons. The summed E-state index contributed by atoms with van der Waals surface area (Å²) >= 11 is 1.50. The van der Waals surface area contributed by atoms with Crippen molar-refractivity contribution in [3.63, 3.8) is 0 Å². The number of amides is 1. The fourth-order valence-electron chi connectivity index (χ4n) is 5.15. The lowest BCUT2D eigenvalue weighted by molar-refractivity contribution is 0.0751. The molecule has 0 aliphatic carbocycles.